The molecular weight excluding hydrogens is 238 g/mol. The fourth-order valence-corrected chi connectivity index (χ4v) is 2.28. The Morgan fingerprint density at radius 2 is 2.29 bits per heavy atom. The highest BCUT2D eigenvalue weighted by Gasteiger charge is 2.25. The molecule has 92 valence electrons. The van der Waals surface area contributed by atoms with Gasteiger partial charge in [0, 0.05) is 23.6 Å². The summed E-state index contributed by atoms with van der Waals surface area (Å²) in [6, 6.07) is 7.63. The van der Waals surface area contributed by atoms with Gasteiger partial charge < -0.3 is 9.64 Å². The summed E-state index contributed by atoms with van der Waals surface area (Å²) in [5.74, 6) is 0.172. The monoisotopic (exact) mass is 253 g/mol. The predicted octanol–water partition coefficient (Wildman–Crippen LogP) is 2.65. The van der Waals surface area contributed by atoms with Gasteiger partial charge in [-0.05, 0) is 6.07 Å². The molecule has 1 amide bonds. The Kier molecular flexibility index (Phi) is 4.02. The Balaban J connectivity index is 2.12. The first-order valence-corrected chi connectivity index (χ1v) is 6.24. The van der Waals surface area contributed by atoms with Crippen LogP contribution in [0.15, 0.2) is 24.3 Å². The number of ether oxygens (including phenoxy) is 1. The van der Waals surface area contributed by atoms with Gasteiger partial charge in [-0.15, -0.1) is 0 Å². The molecule has 1 aromatic carbocycles. The number of halogens is 1. The van der Waals surface area contributed by atoms with E-state index in [1.165, 1.54) is 0 Å². The molecule has 0 aromatic heterocycles. The standard InChI is InChI=1S/C13H16ClNO2/c1-2-13(16)15-7-8-17-12(9-15)10-5-3-4-6-11(10)14/h3-6,12H,2,7-9H2,1H3. The summed E-state index contributed by atoms with van der Waals surface area (Å²) >= 11 is 6.14. The lowest BCUT2D eigenvalue weighted by Gasteiger charge is -2.33. The Bertz CT molecular complexity index is 408. The zero-order valence-corrected chi connectivity index (χ0v) is 10.6. The molecule has 1 saturated heterocycles. The fraction of sp³-hybridized carbons (Fsp3) is 0.462. The van der Waals surface area contributed by atoms with Crippen LogP contribution in [-0.4, -0.2) is 30.5 Å². The first-order valence-electron chi connectivity index (χ1n) is 5.86. The van der Waals surface area contributed by atoms with Crippen LogP contribution in [0.3, 0.4) is 0 Å². The molecule has 0 N–H and O–H groups in total. The van der Waals surface area contributed by atoms with Crippen molar-refractivity contribution < 1.29 is 9.53 Å². The van der Waals surface area contributed by atoms with Crippen LogP contribution in [0, 0.1) is 0 Å². The van der Waals surface area contributed by atoms with Crippen LogP contribution in [0.1, 0.15) is 25.0 Å². The van der Waals surface area contributed by atoms with Gasteiger partial charge in [-0.25, -0.2) is 0 Å². The summed E-state index contributed by atoms with van der Waals surface area (Å²) in [7, 11) is 0. The highest BCUT2D eigenvalue weighted by molar-refractivity contribution is 6.31. The van der Waals surface area contributed by atoms with Crippen LogP contribution in [0.4, 0.5) is 0 Å². The van der Waals surface area contributed by atoms with Crippen molar-refractivity contribution in [3.63, 3.8) is 0 Å². The summed E-state index contributed by atoms with van der Waals surface area (Å²) in [6.07, 6.45) is 0.433. The highest BCUT2D eigenvalue weighted by Crippen LogP contribution is 2.28. The molecule has 1 aliphatic rings. The number of hydrogen-bond donors (Lipinski definition) is 0. The molecule has 1 aliphatic heterocycles. The lowest BCUT2D eigenvalue weighted by Crippen LogP contribution is -2.42. The Hall–Kier alpha value is -1.06. The maximum Gasteiger partial charge on any atom is 0.222 e. The molecule has 1 aromatic rings. The lowest BCUT2D eigenvalue weighted by atomic mass is 10.1. The van der Waals surface area contributed by atoms with E-state index in [0.29, 0.717) is 31.1 Å². The minimum absolute atomic E-state index is 0.104. The minimum Gasteiger partial charge on any atom is -0.370 e. The van der Waals surface area contributed by atoms with Crippen molar-refractivity contribution in [2.45, 2.75) is 19.4 Å². The van der Waals surface area contributed by atoms with E-state index in [4.69, 9.17) is 16.3 Å². The topological polar surface area (TPSA) is 29.5 Å². The van der Waals surface area contributed by atoms with E-state index in [-0.39, 0.29) is 12.0 Å². The highest BCUT2D eigenvalue weighted by atomic mass is 35.5. The van der Waals surface area contributed by atoms with Crippen molar-refractivity contribution in [1.29, 1.82) is 0 Å². The van der Waals surface area contributed by atoms with Crippen LogP contribution >= 0.6 is 11.6 Å². The zero-order chi connectivity index (χ0) is 12.3. The van der Waals surface area contributed by atoms with Crippen molar-refractivity contribution in [1.82, 2.24) is 4.90 Å². The van der Waals surface area contributed by atoms with Gasteiger partial charge in [-0.2, -0.15) is 0 Å². The van der Waals surface area contributed by atoms with Gasteiger partial charge in [-0.3, -0.25) is 4.79 Å². The number of nitrogens with zero attached hydrogens (tertiary/aromatic N) is 1. The molecule has 1 unspecified atom stereocenters. The first kappa shape index (κ1) is 12.4. The normalized spacial score (nSPS) is 20.4. The molecule has 0 radical (unpaired) electrons. The maximum atomic E-state index is 11.7. The zero-order valence-electron chi connectivity index (χ0n) is 9.86. The molecule has 0 spiro atoms. The number of carbonyl (C=O) groups excluding carboxylic acids is 1. The summed E-state index contributed by atoms with van der Waals surface area (Å²) in [6.45, 7) is 3.72. The van der Waals surface area contributed by atoms with Crippen molar-refractivity contribution in [3.05, 3.63) is 34.9 Å². The number of carbonyl (C=O) groups is 1. The van der Waals surface area contributed by atoms with E-state index < -0.39 is 0 Å². The van der Waals surface area contributed by atoms with E-state index in [9.17, 15) is 4.79 Å². The molecule has 3 nitrogen and oxygen atoms in total. The maximum absolute atomic E-state index is 11.7. The van der Waals surface area contributed by atoms with Crippen LogP contribution in [0.2, 0.25) is 5.02 Å². The van der Waals surface area contributed by atoms with E-state index >= 15 is 0 Å². The minimum atomic E-state index is -0.104. The molecule has 1 heterocycles. The predicted molar refractivity (Wildman–Crippen MR) is 67.0 cm³/mol. The Morgan fingerprint density at radius 3 is 3.00 bits per heavy atom. The van der Waals surface area contributed by atoms with Crippen molar-refractivity contribution in [3.8, 4) is 0 Å². The van der Waals surface area contributed by atoms with Gasteiger partial charge >= 0.3 is 0 Å². The van der Waals surface area contributed by atoms with Gasteiger partial charge in [0.2, 0.25) is 5.91 Å². The molecule has 0 saturated carbocycles. The molecule has 17 heavy (non-hydrogen) atoms. The van der Waals surface area contributed by atoms with Crippen molar-refractivity contribution in [2.24, 2.45) is 0 Å². The first-order chi connectivity index (χ1) is 8.22. The van der Waals surface area contributed by atoms with Crippen molar-refractivity contribution >= 4 is 17.5 Å². The number of hydrogen-bond acceptors (Lipinski definition) is 2. The average molecular weight is 254 g/mol. The SMILES string of the molecule is CCC(=O)N1CCOC(c2ccccc2Cl)C1. The van der Waals surface area contributed by atoms with Crippen molar-refractivity contribution in [2.75, 3.05) is 19.7 Å². The van der Waals surface area contributed by atoms with E-state index in [0.717, 1.165) is 5.56 Å². The summed E-state index contributed by atoms with van der Waals surface area (Å²) in [4.78, 5) is 13.5. The number of benzene rings is 1. The molecular formula is C13H16ClNO2. The van der Waals surface area contributed by atoms with Gasteiger partial charge in [0.1, 0.15) is 6.10 Å². The summed E-state index contributed by atoms with van der Waals surface area (Å²) < 4.78 is 5.69. The van der Waals surface area contributed by atoms with Crippen LogP contribution in [-0.2, 0) is 9.53 Å². The number of morpholine rings is 1. The van der Waals surface area contributed by atoms with E-state index in [2.05, 4.69) is 0 Å². The third-order valence-electron chi connectivity index (χ3n) is 2.97. The third kappa shape index (κ3) is 2.79. The molecule has 0 bridgehead atoms. The second kappa shape index (κ2) is 5.52. The largest absolute Gasteiger partial charge is 0.370 e. The van der Waals surface area contributed by atoms with Gasteiger partial charge in [0.25, 0.3) is 0 Å². The Morgan fingerprint density at radius 1 is 1.53 bits per heavy atom. The fourth-order valence-electron chi connectivity index (χ4n) is 2.02. The molecule has 1 atom stereocenters. The van der Waals surface area contributed by atoms with E-state index in [1.54, 1.807) is 0 Å². The quantitative estimate of drug-likeness (QED) is 0.811. The second-order valence-electron chi connectivity index (χ2n) is 4.07. The molecule has 2 rings (SSSR count). The molecule has 4 heteroatoms. The van der Waals surface area contributed by atoms with Crippen LogP contribution < -0.4 is 0 Å². The number of amides is 1. The Labute approximate surface area is 106 Å². The summed E-state index contributed by atoms with van der Waals surface area (Å²) in [5.41, 5.74) is 0.961. The average Bonchev–Trinajstić information content (AvgIpc) is 2.38. The third-order valence-corrected chi connectivity index (χ3v) is 3.32. The van der Waals surface area contributed by atoms with Crippen LogP contribution in [0.5, 0.6) is 0 Å². The lowest BCUT2D eigenvalue weighted by molar-refractivity contribution is -0.138. The van der Waals surface area contributed by atoms with Gasteiger partial charge in [0.15, 0.2) is 0 Å². The molecule has 0 aliphatic carbocycles. The summed E-state index contributed by atoms with van der Waals surface area (Å²) in [5, 5.41) is 0.697. The second-order valence-corrected chi connectivity index (χ2v) is 4.48. The smallest absolute Gasteiger partial charge is 0.222 e. The van der Waals surface area contributed by atoms with E-state index in [1.807, 2.05) is 36.1 Å². The van der Waals surface area contributed by atoms with Gasteiger partial charge in [-0.1, -0.05) is 36.7 Å². The molecule has 1 fully saturated rings. The number of rotatable bonds is 2. The van der Waals surface area contributed by atoms with Gasteiger partial charge in [0.05, 0.1) is 13.2 Å². The van der Waals surface area contributed by atoms with Crippen LogP contribution in [0.25, 0.3) is 0 Å².